The van der Waals surface area contributed by atoms with E-state index in [4.69, 9.17) is 11.6 Å². The molecule has 0 aliphatic carbocycles. The highest BCUT2D eigenvalue weighted by Gasteiger charge is 2.43. The Hall–Kier alpha value is -3.38. The van der Waals surface area contributed by atoms with Crippen LogP contribution in [0.2, 0.25) is 5.02 Å². The van der Waals surface area contributed by atoms with Crippen LogP contribution in [-0.4, -0.2) is 21.5 Å². The second-order valence-electron chi connectivity index (χ2n) is 7.29. The van der Waals surface area contributed by atoms with E-state index in [1.165, 1.54) is 4.57 Å². The average Bonchev–Trinajstić information content (AvgIpc) is 3.13. The third-order valence-corrected chi connectivity index (χ3v) is 5.28. The number of Topliss-reactive ketones (excluding diaryl/α,β-unsaturated/α-hetero) is 1. The first-order chi connectivity index (χ1) is 15.3. The Kier molecular flexibility index (Phi) is 6.15. The zero-order valence-corrected chi connectivity index (χ0v) is 17.6. The summed E-state index contributed by atoms with van der Waals surface area (Å²) in [4.78, 5) is 17.1. The number of rotatable bonds is 6. The summed E-state index contributed by atoms with van der Waals surface area (Å²) < 4.78 is 42.3. The Balaban J connectivity index is 1.91. The predicted molar refractivity (Wildman–Crippen MR) is 118 cm³/mol. The van der Waals surface area contributed by atoms with E-state index in [-0.39, 0.29) is 18.7 Å². The van der Waals surface area contributed by atoms with Crippen LogP contribution in [0.1, 0.15) is 27.4 Å². The molecule has 0 spiro atoms. The Bertz CT molecular complexity index is 1220. The maximum Gasteiger partial charge on any atom is 0.456 e. The van der Waals surface area contributed by atoms with E-state index in [1.807, 2.05) is 6.07 Å². The summed E-state index contributed by atoms with van der Waals surface area (Å²) in [5.74, 6) is -1.55. The Morgan fingerprint density at radius 2 is 1.44 bits per heavy atom. The van der Waals surface area contributed by atoms with Crippen LogP contribution in [0, 0.1) is 0 Å². The summed E-state index contributed by atoms with van der Waals surface area (Å²) in [5.41, 5.74) is 1.59. The number of alkyl halides is 3. The fraction of sp³-hybridized carbons (Fsp3) is 0.120. The molecule has 0 saturated heterocycles. The normalized spacial score (nSPS) is 11.5. The van der Waals surface area contributed by atoms with Crippen LogP contribution in [0.15, 0.2) is 84.9 Å². The number of benzene rings is 3. The van der Waals surface area contributed by atoms with Crippen LogP contribution in [0.25, 0.3) is 11.3 Å². The van der Waals surface area contributed by atoms with Crippen molar-refractivity contribution in [1.29, 1.82) is 0 Å². The molecule has 0 atom stereocenters. The van der Waals surface area contributed by atoms with Crippen LogP contribution in [0.3, 0.4) is 0 Å². The predicted octanol–water partition coefficient (Wildman–Crippen LogP) is 6.59. The molecule has 7 heteroatoms. The molecule has 0 unspecified atom stereocenters. The number of carbonyl (C=O) groups excluding carboxylic acids is 1. The van der Waals surface area contributed by atoms with Gasteiger partial charge in [-0.05, 0) is 23.3 Å². The molecule has 162 valence electrons. The lowest BCUT2D eigenvalue weighted by atomic mass is 10.1. The van der Waals surface area contributed by atoms with Gasteiger partial charge in [-0.25, -0.2) is 4.98 Å². The molecular formula is C25H18ClF3N2O. The van der Waals surface area contributed by atoms with Crippen LogP contribution in [0.5, 0.6) is 0 Å². The lowest BCUT2D eigenvalue weighted by Crippen LogP contribution is -2.27. The van der Waals surface area contributed by atoms with Crippen molar-refractivity contribution in [3.8, 4) is 11.3 Å². The summed E-state index contributed by atoms with van der Waals surface area (Å²) in [6, 6.07) is 24.5. The van der Waals surface area contributed by atoms with Crippen LogP contribution >= 0.6 is 11.6 Å². The van der Waals surface area contributed by atoms with E-state index in [9.17, 15) is 18.0 Å². The van der Waals surface area contributed by atoms with Gasteiger partial charge in [-0.3, -0.25) is 4.79 Å². The summed E-state index contributed by atoms with van der Waals surface area (Å²) in [7, 11) is 0. The molecule has 0 saturated carbocycles. The second-order valence-corrected chi connectivity index (χ2v) is 7.73. The Morgan fingerprint density at radius 1 is 0.844 bits per heavy atom. The van der Waals surface area contributed by atoms with Gasteiger partial charge in [-0.2, -0.15) is 13.2 Å². The maximum atomic E-state index is 13.6. The highest BCUT2D eigenvalue weighted by atomic mass is 35.5. The minimum atomic E-state index is -5.03. The van der Waals surface area contributed by atoms with Gasteiger partial charge in [-0.15, -0.1) is 0 Å². The molecule has 0 radical (unpaired) electrons. The first-order valence-electron chi connectivity index (χ1n) is 9.87. The molecule has 0 fully saturated rings. The smallest absolute Gasteiger partial charge is 0.320 e. The molecule has 4 aromatic rings. The quantitative estimate of drug-likeness (QED) is 0.308. The number of imidazole rings is 1. The highest BCUT2D eigenvalue weighted by Crippen LogP contribution is 2.32. The fourth-order valence-corrected chi connectivity index (χ4v) is 3.64. The number of halogens is 4. The van der Waals surface area contributed by atoms with E-state index in [2.05, 4.69) is 4.98 Å². The van der Waals surface area contributed by atoms with E-state index < -0.39 is 17.7 Å². The van der Waals surface area contributed by atoms with Gasteiger partial charge in [0, 0.05) is 23.6 Å². The van der Waals surface area contributed by atoms with Crippen molar-refractivity contribution in [1.82, 2.24) is 9.55 Å². The zero-order chi connectivity index (χ0) is 22.7. The van der Waals surface area contributed by atoms with Crippen LogP contribution in [-0.2, 0) is 13.0 Å². The molecule has 3 nitrogen and oxygen atoms in total. The summed E-state index contributed by atoms with van der Waals surface area (Å²) in [6.07, 6.45) is -4.79. The molecule has 1 aromatic heterocycles. The highest BCUT2D eigenvalue weighted by molar-refractivity contribution is 6.30. The molecular weight excluding hydrogens is 437 g/mol. The molecule has 32 heavy (non-hydrogen) atoms. The van der Waals surface area contributed by atoms with Crippen LogP contribution < -0.4 is 0 Å². The lowest BCUT2D eigenvalue weighted by molar-refractivity contribution is -0.0890. The van der Waals surface area contributed by atoms with E-state index in [0.717, 1.165) is 11.1 Å². The Labute approximate surface area is 188 Å². The standard InChI is InChI=1S/C25H18ClF3N2O/c26-20-13-11-17(12-14-20)15-21-30-22(19-9-5-2-6-10-19)23(24(32)25(27,28)29)31(21)16-18-7-3-1-4-8-18/h1-14H,15-16H2. The molecule has 0 N–H and O–H groups in total. The van der Waals surface area contributed by atoms with Gasteiger partial charge in [0.05, 0.1) is 0 Å². The van der Waals surface area contributed by atoms with Crippen molar-refractivity contribution in [2.45, 2.75) is 19.1 Å². The molecule has 3 aromatic carbocycles. The zero-order valence-electron chi connectivity index (χ0n) is 16.8. The molecule has 0 amide bonds. The van der Waals surface area contributed by atoms with Gasteiger partial charge in [0.25, 0.3) is 5.78 Å². The van der Waals surface area contributed by atoms with Crippen molar-refractivity contribution in [3.05, 3.63) is 113 Å². The third kappa shape index (κ3) is 4.75. The van der Waals surface area contributed by atoms with E-state index >= 15 is 0 Å². The van der Waals surface area contributed by atoms with Crippen molar-refractivity contribution >= 4 is 17.4 Å². The van der Waals surface area contributed by atoms with Gasteiger partial charge in [0.2, 0.25) is 0 Å². The van der Waals surface area contributed by atoms with E-state index in [1.54, 1.807) is 78.9 Å². The largest absolute Gasteiger partial charge is 0.456 e. The number of hydrogen-bond acceptors (Lipinski definition) is 2. The number of nitrogens with zero attached hydrogens (tertiary/aromatic N) is 2. The second kappa shape index (κ2) is 9.01. The molecule has 0 aliphatic heterocycles. The third-order valence-electron chi connectivity index (χ3n) is 5.03. The van der Waals surface area contributed by atoms with Gasteiger partial charge in [0.15, 0.2) is 0 Å². The van der Waals surface area contributed by atoms with E-state index in [0.29, 0.717) is 16.4 Å². The van der Waals surface area contributed by atoms with Gasteiger partial charge < -0.3 is 4.57 Å². The van der Waals surface area contributed by atoms with Crippen molar-refractivity contribution in [3.63, 3.8) is 0 Å². The molecule has 1 heterocycles. The summed E-state index contributed by atoms with van der Waals surface area (Å²) >= 11 is 5.96. The number of carbonyl (C=O) groups is 1. The monoisotopic (exact) mass is 454 g/mol. The average molecular weight is 455 g/mol. The number of ketones is 1. The lowest BCUT2D eigenvalue weighted by Gasteiger charge is -2.14. The Morgan fingerprint density at radius 3 is 2.03 bits per heavy atom. The topological polar surface area (TPSA) is 34.9 Å². The number of aromatic nitrogens is 2. The fourth-order valence-electron chi connectivity index (χ4n) is 3.52. The molecule has 4 rings (SSSR count). The first kappa shape index (κ1) is 21.8. The molecule has 0 aliphatic rings. The summed E-state index contributed by atoms with van der Waals surface area (Å²) in [6.45, 7) is 0.0841. The van der Waals surface area contributed by atoms with Gasteiger partial charge in [0.1, 0.15) is 17.2 Å². The van der Waals surface area contributed by atoms with Crippen molar-refractivity contribution < 1.29 is 18.0 Å². The first-order valence-corrected chi connectivity index (χ1v) is 10.3. The van der Waals surface area contributed by atoms with Crippen molar-refractivity contribution in [2.75, 3.05) is 0 Å². The van der Waals surface area contributed by atoms with Crippen LogP contribution in [0.4, 0.5) is 13.2 Å². The van der Waals surface area contributed by atoms with Gasteiger partial charge >= 0.3 is 6.18 Å². The minimum absolute atomic E-state index is 0.0211. The number of hydrogen-bond donors (Lipinski definition) is 0. The maximum absolute atomic E-state index is 13.6. The van der Waals surface area contributed by atoms with Gasteiger partial charge in [-0.1, -0.05) is 84.4 Å². The molecule has 0 bridgehead atoms. The summed E-state index contributed by atoms with van der Waals surface area (Å²) in [5, 5.41) is 0.555. The van der Waals surface area contributed by atoms with Crippen molar-refractivity contribution in [2.24, 2.45) is 0 Å². The SMILES string of the molecule is O=C(c1c(-c2ccccc2)nc(Cc2ccc(Cl)cc2)n1Cc1ccccc1)C(F)(F)F. The minimum Gasteiger partial charge on any atom is -0.320 e.